The number of nitrogens with one attached hydrogen (secondary N) is 1. The third-order valence-electron chi connectivity index (χ3n) is 2.01. The number of hydrogen-bond acceptors (Lipinski definition) is 1. The highest BCUT2D eigenvalue weighted by molar-refractivity contribution is 4.73. The second-order valence-corrected chi connectivity index (χ2v) is 2.71. The van der Waals surface area contributed by atoms with Gasteiger partial charge in [0.2, 0.25) is 0 Å². The van der Waals surface area contributed by atoms with E-state index in [2.05, 4.69) is 0 Å². The first-order valence-electron chi connectivity index (χ1n) is 3.57. The molecule has 0 aromatic carbocycles. The molecule has 0 bridgehead atoms. The van der Waals surface area contributed by atoms with Crippen molar-refractivity contribution in [3.05, 3.63) is 0 Å². The second-order valence-electron chi connectivity index (χ2n) is 2.71. The first-order chi connectivity index (χ1) is 4.33. The molecule has 2 heteroatoms. The number of hydrogen-bond donors (Lipinski definition) is 0. The van der Waals surface area contributed by atoms with E-state index in [0.717, 1.165) is 25.7 Å². The molecule has 53 valence electrons. The van der Waals surface area contributed by atoms with Gasteiger partial charge in [0.15, 0.2) is 0 Å². The van der Waals surface area contributed by atoms with Crippen molar-refractivity contribution < 1.29 is 4.74 Å². The minimum atomic E-state index is 0.191. The normalized spacial score (nSPS) is 36.7. The fourth-order valence-corrected chi connectivity index (χ4v) is 1.30. The molecule has 1 fully saturated rings. The van der Waals surface area contributed by atoms with Crippen molar-refractivity contribution in [3.63, 3.8) is 0 Å². The van der Waals surface area contributed by atoms with Crippen LogP contribution in [0, 0.1) is 0 Å². The maximum absolute atomic E-state index is 7.38. The summed E-state index contributed by atoms with van der Waals surface area (Å²) in [6, 6.07) is 0.191. The second kappa shape index (κ2) is 3.18. The zero-order chi connectivity index (χ0) is 6.69. The standard InChI is InChI=1S/C7H14NO/c1-9-7-4-2-6(8)3-5-7/h6-8H,2-5H2,1H3/t6-,7+. The molecule has 1 saturated carbocycles. The summed E-state index contributed by atoms with van der Waals surface area (Å²) in [4.78, 5) is 0. The van der Waals surface area contributed by atoms with Crippen molar-refractivity contribution >= 4 is 0 Å². The first-order valence-corrected chi connectivity index (χ1v) is 3.57. The van der Waals surface area contributed by atoms with Crippen LogP contribution in [0.3, 0.4) is 0 Å². The lowest BCUT2D eigenvalue weighted by Crippen LogP contribution is -2.24. The van der Waals surface area contributed by atoms with Crippen LogP contribution in [0.4, 0.5) is 0 Å². The summed E-state index contributed by atoms with van der Waals surface area (Å²) in [7, 11) is 1.76. The van der Waals surface area contributed by atoms with Crippen LogP contribution in [-0.2, 0) is 4.74 Å². The van der Waals surface area contributed by atoms with Crippen molar-refractivity contribution in [2.45, 2.75) is 37.8 Å². The monoisotopic (exact) mass is 128 g/mol. The van der Waals surface area contributed by atoms with Crippen LogP contribution in [0.1, 0.15) is 25.7 Å². The lowest BCUT2D eigenvalue weighted by Gasteiger charge is -2.23. The molecule has 0 aromatic rings. The van der Waals surface area contributed by atoms with Crippen LogP contribution in [0.25, 0.3) is 0 Å². The Labute approximate surface area is 56.4 Å². The van der Waals surface area contributed by atoms with Crippen molar-refractivity contribution in [2.24, 2.45) is 0 Å². The molecule has 9 heavy (non-hydrogen) atoms. The third kappa shape index (κ3) is 1.95. The smallest absolute Gasteiger partial charge is 0.0572 e. The molecule has 0 spiro atoms. The van der Waals surface area contributed by atoms with Crippen LogP contribution in [0.2, 0.25) is 0 Å². The van der Waals surface area contributed by atoms with Gasteiger partial charge in [-0.2, -0.15) is 0 Å². The van der Waals surface area contributed by atoms with E-state index in [1.807, 2.05) is 0 Å². The number of methoxy groups -OCH3 is 1. The first kappa shape index (κ1) is 7.03. The minimum absolute atomic E-state index is 0.191. The quantitative estimate of drug-likeness (QED) is 0.522. The summed E-state index contributed by atoms with van der Waals surface area (Å²) in [6.45, 7) is 0. The largest absolute Gasteiger partial charge is 0.381 e. The van der Waals surface area contributed by atoms with Gasteiger partial charge in [0, 0.05) is 13.2 Å². The maximum atomic E-state index is 7.38. The molecular formula is C7H14NO. The molecule has 1 rings (SSSR count). The van der Waals surface area contributed by atoms with Crippen LogP contribution in [0.5, 0.6) is 0 Å². The average molecular weight is 128 g/mol. The van der Waals surface area contributed by atoms with Crippen LogP contribution in [0.15, 0.2) is 0 Å². The fourth-order valence-electron chi connectivity index (χ4n) is 1.30. The molecule has 2 nitrogen and oxygen atoms in total. The van der Waals surface area contributed by atoms with E-state index in [1.165, 1.54) is 0 Å². The highest BCUT2D eigenvalue weighted by atomic mass is 16.5. The molecule has 0 unspecified atom stereocenters. The topological polar surface area (TPSA) is 33.0 Å². The third-order valence-corrected chi connectivity index (χ3v) is 2.01. The molecule has 0 heterocycles. The summed E-state index contributed by atoms with van der Waals surface area (Å²) < 4.78 is 5.16. The predicted octanol–water partition coefficient (Wildman–Crippen LogP) is 1.23. The van der Waals surface area contributed by atoms with E-state index in [-0.39, 0.29) is 6.04 Å². The Kier molecular flexibility index (Phi) is 2.49. The molecule has 0 aromatic heterocycles. The molecule has 0 atom stereocenters. The Morgan fingerprint density at radius 3 is 2.22 bits per heavy atom. The van der Waals surface area contributed by atoms with Gasteiger partial charge in [-0.05, 0) is 25.7 Å². The van der Waals surface area contributed by atoms with E-state index < -0.39 is 0 Å². The van der Waals surface area contributed by atoms with Gasteiger partial charge in [0.25, 0.3) is 0 Å². The summed E-state index contributed by atoms with van der Waals surface area (Å²) in [5.41, 5.74) is 7.38. The molecule has 0 amide bonds. The molecule has 0 saturated heterocycles. The van der Waals surface area contributed by atoms with Crippen molar-refractivity contribution in [1.29, 1.82) is 0 Å². The van der Waals surface area contributed by atoms with Crippen molar-refractivity contribution in [3.8, 4) is 0 Å². The Hall–Kier alpha value is -0.0800. The SMILES string of the molecule is CO[C@H]1CC[C@@H]([NH])CC1. The fraction of sp³-hybridized carbons (Fsp3) is 1.00. The van der Waals surface area contributed by atoms with E-state index in [0.29, 0.717) is 6.10 Å². The molecule has 1 aliphatic rings. The van der Waals surface area contributed by atoms with E-state index in [1.54, 1.807) is 7.11 Å². The average Bonchev–Trinajstić information content (AvgIpc) is 1.90. The summed E-state index contributed by atoms with van der Waals surface area (Å²) in [5.74, 6) is 0. The molecule has 1 N–H and O–H groups in total. The lowest BCUT2D eigenvalue weighted by molar-refractivity contribution is 0.0658. The van der Waals surface area contributed by atoms with Gasteiger partial charge >= 0.3 is 0 Å². The highest BCUT2D eigenvalue weighted by Crippen LogP contribution is 2.19. The molecule has 0 aliphatic heterocycles. The summed E-state index contributed by atoms with van der Waals surface area (Å²) in [5, 5.41) is 0. The van der Waals surface area contributed by atoms with Gasteiger partial charge in [-0.15, -0.1) is 0 Å². The van der Waals surface area contributed by atoms with Gasteiger partial charge in [-0.25, -0.2) is 0 Å². The van der Waals surface area contributed by atoms with Gasteiger partial charge in [-0.3, -0.25) is 5.73 Å². The maximum Gasteiger partial charge on any atom is 0.0572 e. The van der Waals surface area contributed by atoms with Crippen LogP contribution >= 0.6 is 0 Å². The van der Waals surface area contributed by atoms with Gasteiger partial charge in [0.1, 0.15) is 0 Å². The summed E-state index contributed by atoms with van der Waals surface area (Å²) in [6.07, 6.45) is 4.68. The zero-order valence-corrected chi connectivity index (χ0v) is 5.89. The number of ether oxygens (including phenoxy) is 1. The zero-order valence-electron chi connectivity index (χ0n) is 5.89. The van der Waals surface area contributed by atoms with E-state index in [9.17, 15) is 0 Å². The van der Waals surface area contributed by atoms with Crippen LogP contribution in [-0.4, -0.2) is 19.3 Å². The lowest BCUT2D eigenvalue weighted by atomic mass is 9.94. The number of rotatable bonds is 1. The van der Waals surface area contributed by atoms with Gasteiger partial charge < -0.3 is 4.74 Å². The Bertz CT molecular complexity index is 77.0. The Morgan fingerprint density at radius 1 is 1.22 bits per heavy atom. The Morgan fingerprint density at radius 2 is 1.78 bits per heavy atom. The molecule has 1 radical (unpaired) electrons. The highest BCUT2D eigenvalue weighted by Gasteiger charge is 2.17. The predicted molar refractivity (Wildman–Crippen MR) is 36.1 cm³/mol. The van der Waals surface area contributed by atoms with Crippen molar-refractivity contribution in [1.82, 2.24) is 5.73 Å². The Balaban J connectivity index is 2.18. The minimum Gasteiger partial charge on any atom is -0.381 e. The van der Waals surface area contributed by atoms with E-state index in [4.69, 9.17) is 10.5 Å². The molecular weight excluding hydrogens is 114 g/mol. The van der Waals surface area contributed by atoms with Crippen LogP contribution < -0.4 is 5.73 Å². The summed E-state index contributed by atoms with van der Waals surface area (Å²) >= 11 is 0. The van der Waals surface area contributed by atoms with Crippen molar-refractivity contribution in [2.75, 3.05) is 7.11 Å². The van der Waals surface area contributed by atoms with E-state index >= 15 is 0 Å². The van der Waals surface area contributed by atoms with Gasteiger partial charge in [0.05, 0.1) is 6.10 Å². The van der Waals surface area contributed by atoms with Gasteiger partial charge in [-0.1, -0.05) is 0 Å². The molecule has 1 aliphatic carbocycles.